The lowest BCUT2D eigenvalue weighted by atomic mass is 10.2. The number of benzene rings is 1. The maximum atomic E-state index is 10.6. The molecule has 0 saturated heterocycles. The molecule has 0 atom stereocenters. The predicted molar refractivity (Wildman–Crippen MR) is 75.7 cm³/mol. The molecule has 1 heterocycles. The van der Waals surface area contributed by atoms with Crippen LogP contribution in [0.5, 0.6) is 5.75 Å². The van der Waals surface area contributed by atoms with E-state index in [0.717, 1.165) is 11.6 Å². The molecule has 0 aliphatic heterocycles. The second-order valence-corrected chi connectivity index (χ2v) is 4.54. The van der Waals surface area contributed by atoms with Crippen LogP contribution in [0.2, 0.25) is 5.02 Å². The van der Waals surface area contributed by atoms with Crippen molar-refractivity contribution in [2.75, 3.05) is 0 Å². The largest absolute Gasteiger partial charge is 0.488 e. The Hall–Kier alpha value is -2.27. The summed E-state index contributed by atoms with van der Waals surface area (Å²) in [6.45, 7) is 0.335. The molecule has 5 nitrogen and oxygen atoms in total. The average molecular weight is 293 g/mol. The molecule has 0 spiro atoms. The molecule has 0 aliphatic rings. The van der Waals surface area contributed by atoms with Crippen LogP contribution in [0.15, 0.2) is 36.7 Å². The zero-order valence-corrected chi connectivity index (χ0v) is 11.5. The van der Waals surface area contributed by atoms with Crippen LogP contribution >= 0.6 is 11.6 Å². The topological polar surface area (TPSA) is 64.3 Å². The van der Waals surface area contributed by atoms with Crippen LogP contribution in [0.4, 0.5) is 0 Å². The fraction of sp³-hybridized carbons (Fsp3) is 0.143. The van der Waals surface area contributed by atoms with E-state index in [1.807, 2.05) is 13.2 Å². The van der Waals surface area contributed by atoms with Crippen molar-refractivity contribution in [3.63, 3.8) is 0 Å². The zero-order chi connectivity index (χ0) is 14.5. The summed E-state index contributed by atoms with van der Waals surface area (Å²) >= 11 is 6.06. The van der Waals surface area contributed by atoms with E-state index in [9.17, 15) is 4.79 Å². The van der Waals surface area contributed by atoms with E-state index in [2.05, 4.69) is 5.10 Å². The number of carboxylic acid groups (broad SMARTS) is 1. The number of hydrogen-bond donors (Lipinski definition) is 1. The van der Waals surface area contributed by atoms with E-state index in [-0.39, 0.29) is 0 Å². The maximum absolute atomic E-state index is 10.6. The lowest BCUT2D eigenvalue weighted by Gasteiger charge is -2.09. The van der Waals surface area contributed by atoms with Gasteiger partial charge in [0.25, 0.3) is 0 Å². The third-order valence-corrected chi connectivity index (χ3v) is 2.89. The van der Waals surface area contributed by atoms with Crippen LogP contribution in [0.1, 0.15) is 11.1 Å². The van der Waals surface area contributed by atoms with Gasteiger partial charge in [-0.15, -0.1) is 0 Å². The number of aliphatic carboxylic acids is 1. The first-order valence-electron chi connectivity index (χ1n) is 5.86. The van der Waals surface area contributed by atoms with Gasteiger partial charge in [-0.2, -0.15) is 5.10 Å². The molecule has 2 aromatic rings. The SMILES string of the molecule is Cn1cc(COc2cccc(Cl)c2/C=C/C(=O)O)cn1. The standard InChI is InChI=1S/C14H13ClN2O3/c1-17-8-10(7-16-17)9-20-13-4-2-3-12(15)11(13)5-6-14(18)19/h2-8H,9H2,1H3,(H,18,19)/b6-5+. The Morgan fingerprint density at radius 3 is 3.00 bits per heavy atom. The van der Waals surface area contributed by atoms with Gasteiger partial charge in [0, 0.05) is 30.4 Å². The van der Waals surface area contributed by atoms with Gasteiger partial charge in [-0.25, -0.2) is 4.79 Å². The Labute approximate surface area is 121 Å². The molecule has 104 valence electrons. The molecule has 20 heavy (non-hydrogen) atoms. The number of hydrogen-bond acceptors (Lipinski definition) is 3. The molecule has 1 aromatic carbocycles. The molecule has 0 radical (unpaired) electrons. The van der Waals surface area contributed by atoms with Gasteiger partial charge in [0.15, 0.2) is 0 Å². The summed E-state index contributed by atoms with van der Waals surface area (Å²) in [5, 5.41) is 13.2. The predicted octanol–water partition coefficient (Wildman–Crippen LogP) is 2.75. The Balaban J connectivity index is 2.18. The van der Waals surface area contributed by atoms with Crippen LogP contribution in [0.3, 0.4) is 0 Å². The van der Waals surface area contributed by atoms with E-state index in [4.69, 9.17) is 21.4 Å². The molecule has 6 heteroatoms. The van der Waals surface area contributed by atoms with E-state index < -0.39 is 5.97 Å². The number of carboxylic acids is 1. The van der Waals surface area contributed by atoms with E-state index >= 15 is 0 Å². The number of halogens is 1. The Morgan fingerprint density at radius 1 is 1.55 bits per heavy atom. The number of aromatic nitrogens is 2. The molecular formula is C14H13ClN2O3. The van der Waals surface area contributed by atoms with Gasteiger partial charge < -0.3 is 9.84 Å². The van der Waals surface area contributed by atoms with Gasteiger partial charge in [0.2, 0.25) is 0 Å². The van der Waals surface area contributed by atoms with E-state index in [1.165, 1.54) is 6.08 Å². The smallest absolute Gasteiger partial charge is 0.328 e. The zero-order valence-electron chi connectivity index (χ0n) is 10.8. The van der Waals surface area contributed by atoms with Gasteiger partial charge in [0.1, 0.15) is 12.4 Å². The van der Waals surface area contributed by atoms with Crippen molar-refractivity contribution in [3.8, 4) is 5.75 Å². The first-order valence-corrected chi connectivity index (χ1v) is 6.24. The highest BCUT2D eigenvalue weighted by Gasteiger charge is 2.07. The first kappa shape index (κ1) is 14.1. The fourth-order valence-corrected chi connectivity index (χ4v) is 1.90. The second kappa shape index (κ2) is 6.25. The molecule has 0 bridgehead atoms. The number of ether oxygens (including phenoxy) is 1. The summed E-state index contributed by atoms with van der Waals surface area (Å²) in [4.78, 5) is 10.6. The highest BCUT2D eigenvalue weighted by molar-refractivity contribution is 6.32. The van der Waals surface area contributed by atoms with Crippen LogP contribution in [-0.4, -0.2) is 20.9 Å². The lowest BCUT2D eigenvalue weighted by molar-refractivity contribution is -0.131. The third-order valence-electron chi connectivity index (χ3n) is 2.56. The van der Waals surface area contributed by atoms with E-state index in [1.54, 1.807) is 29.1 Å². The van der Waals surface area contributed by atoms with Gasteiger partial charge in [-0.05, 0) is 18.2 Å². The molecular weight excluding hydrogens is 280 g/mol. The summed E-state index contributed by atoms with van der Waals surface area (Å²) in [6.07, 6.45) is 6.00. The molecule has 0 unspecified atom stereocenters. The average Bonchev–Trinajstić information content (AvgIpc) is 2.81. The van der Waals surface area contributed by atoms with Crippen LogP contribution in [-0.2, 0) is 18.4 Å². The van der Waals surface area contributed by atoms with Crippen molar-refractivity contribution in [2.24, 2.45) is 7.05 Å². The van der Waals surface area contributed by atoms with Crippen LogP contribution in [0.25, 0.3) is 6.08 Å². The minimum Gasteiger partial charge on any atom is -0.488 e. The molecule has 0 saturated carbocycles. The Morgan fingerprint density at radius 2 is 2.35 bits per heavy atom. The number of aryl methyl sites for hydroxylation is 1. The van der Waals surface area contributed by atoms with Gasteiger partial charge in [-0.1, -0.05) is 17.7 Å². The number of rotatable bonds is 5. The molecule has 2 rings (SSSR count). The minimum absolute atomic E-state index is 0.335. The highest BCUT2D eigenvalue weighted by atomic mass is 35.5. The Kier molecular flexibility index (Phi) is 4.42. The van der Waals surface area contributed by atoms with Crippen LogP contribution < -0.4 is 4.74 Å². The molecule has 0 fully saturated rings. The van der Waals surface area contributed by atoms with Crippen molar-refractivity contribution in [1.82, 2.24) is 9.78 Å². The maximum Gasteiger partial charge on any atom is 0.328 e. The van der Waals surface area contributed by atoms with Crippen molar-refractivity contribution in [2.45, 2.75) is 6.61 Å². The second-order valence-electron chi connectivity index (χ2n) is 4.13. The van der Waals surface area contributed by atoms with Gasteiger partial charge in [0.05, 0.1) is 11.2 Å². The number of carbonyl (C=O) groups is 1. The molecule has 0 amide bonds. The van der Waals surface area contributed by atoms with Crippen molar-refractivity contribution in [1.29, 1.82) is 0 Å². The summed E-state index contributed by atoms with van der Waals surface area (Å²) in [5.74, 6) is -0.512. The number of nitrogens with zero attached hydrogens (tertiary/aromatic N) is 2. The minimum atomic E-state index is -1.04. The summed E-state index contributed by atoms with van der Waals surface area (Å²) in [6, 6.07) is 5.17. The van der Waals surface area contributed by atoms with Gasteiger partial charge in [-0.3, -0.25) is 4.68 Å². The molecule has 1 aromatic heterocycles. The monoisotopic (exact) mass is 292 g/mol. The first-order chi connectivity index (χ1) is 9.56. The fourth-order valence-electron chi connectivity index (χ4n) is 1.67. The summed E-state index contributed by atoms with van der Waals surface area (Å²) in [5.41, 5.74) is 1.46. The lowest BCUT2D eigenvalue weighted by Crippen LogP contribution is -1.97. The molecule has 1 N–H and O–H groups in total. The van der Waals surface area contributed by atoms with Gasteiger partial charge >= 0.3 is 5.97 Å². The quantitative estimate of drug-likeness (QED) is 0.861. The molecule has 0 aliphatic carbocycles. The van der Waals surface area contributed by atoms with Crippen molar-refractivity contribution < 1.29 is 14.6 Å². The Bertz CT molecular complexity index is 650. The van der Waals surface area contributed by atoms with Crippen molar-refractivity contribution in [3.05, 3.63) is 52.8 Å². The van der Waals surface area contributed by atoms with Crippen molar-refractivity contribution >= 4 is 23.6 Å². The van der Waals surface area contributed by atoms with E-state index in [0.29, 0.717) is 22.9 Å². The normalized spacial score (nSPS) is 10.9. The highest BCUT2D eigenvalue weighted by Crippen LogP contribution is 2.28. The summed E-state index contributed by atoms with van der Waals surface area (Å²) in [7, 11) is 1.82. The summed E-state index contributed by atoms with van der Waals surface area (Å²) < 4.78 is 7.35. The third kappa shape index (κ3) is 3.61. The van der Waals surface area contributed by atoms with Crippen LogP contribution in [0, 0.1) is 0 Å².